The SMILES string of the molecule is CCCCC/C=C\C/C=C\CCCCCCCC(=O)OC(CC)CCCCCCCCCCC(=O)O. The summed E-state index contributed by atoms with van der Waals surface area (Å²) < 4.78 is 5.71. The molecular formula is C32H58O4. The van der Waals surface area contributed by atoms with E-state index in [2.05, 4.69) is 38.2 Å². The number of aliphatic carboxylic acids is 1. The predicted molar refractivity (Wildman–Crippen MR) is 153 cm³/mol. The summed E-state index contributed by atoms with van der Waals surface area (Å²) in [5, 5.41) is 8.63. The summed E-state index contributed by atoms with van der Waals surface area (Å²) in [5.41, 5.74) is 0. The zero-order valence-corrected chi connectivity index (χ0v) is 23.8. The third kappa shape index (κ3) is 27.0. The first-order valence-electron chi connectivity index (χ1n) is 15.3. The summed E-state index contributed by atoms with van der Waals surface area (Å²) in [6.07, 6.45) is 34.0. The summed E-state index contributed by atoms with van der Waals surface area (Å²) in [6, 6.07) is 0. The molecule has 0 spiro atoms. The molecule has 1 unspecified atom stereocenters. The fourth-order valence-electron chi connectivity index (χ4n) is 4.38. The number of ether oxygens (including phenoxy) is 1. The zero-order valence-electron chi connectivity index (χ0n) is 23.8. The van der Waals surface area contributed by atoms with Gasteiger partial charge in [-0.3, -0.25) is 9.59 Å². The predicted octanol–water partition coefficient (Wildman–Crippen LogP) is 10.1. The van der Waals surface area contributed by atoms with Gasteiger partial charge in [-0.25, -0.2) is 0 Å². The molecule has 1 N–H and O–H groups in total. The molecule has 0 aromatic heterocycles. The topological polar surface area (TPSA) is 63.6 Å². The maximum Gasteiger partial charge on any atom is 0.306 e. The van der Waals surface area contributed by atoms with Crippen LogP contribution in [0.15, 0.2) is 24.3 Å². The van der Waals surface area contributed by atoms with Crippen molar-refractivity contribution in [2.45, 2.75) is 168 Å². The van der Waals surface area contributed by atoms with Crippen molar-refractivity contribution >= 4 is 11.9 Å². The van der Waals surface area contributed by atoms with E-state index in [9.17, 15) is 9.59 Å². The van der Waals surface area contributed by atoms with Crippen molar-refractivity contribution in [3.8, 4) is 0 Å². The summed E-state index contributed by atoms with van der Waals surface area (Å²) in [5.74, 6) is -0.707. The van der Waals surface area contributed by atoms with Crippen molar-refractivity contribution in [2.24, 2.45) is 0 Å². The Morgan fingerprint density at radius 1 is 0.639 bits per heavy atom. The largest absolute Gasteiger partial charge is 0.481 e. The minimum absolute atomic E-state index is 0.0195. The van der Waals surface area contributed by atoms with Crippen LogP contribution in [0.5, 0.6) is 0 Å². The number of allylic oxidation sites excluding steroid dienone is 4. The van der Waals surface area contributed by atoms with Gasteiger partial charge in [0.1, 0.15) is 6.10 Å². The lowest BCUT2D eigenvalue weighted by Crippen LogP contribution is -2.17. The van der Waals surface area contributed by atoms with Gasteiger partial charge < -0.3 is 9.84 Å². The van der Waals surface area contributed by atoms with Crippen molar-refractivity contribution < 1.29 is 19.4 Å². The van der Waals surface area contributed by atoms with Crippen molar-refractivity contribution in [3.05, 3.63) is 24.3 Å². The Morgan fingerprint density at radius 2 is 1.14 bits per heavy atom. The van der Waals surface area contributed by atoms with Crippen LogP contribution in [0.3, 0.4) is 0 Å². The van der Waals surface area contributed by atoms with Crippen molar-refractivity contribution in [2.75, 3.05) is 0 Å². The van der Waals surface area contributed by atoms with E-state index in [0.29, 0.717) is 12.8 Å². The summed E-state index contributed by atoms with van der Waals surface area (Å²) in [6.45, 7) is 4.35. The van der Waals surface area contributed by atoms with E-state index < -0.39 is 5.97 Å². The van der Waals surface area contributed by atoms with E-state index in [1.54, 1.807) is 0 Å². The molecule has 0 aliphatic heterocycles. The van der Waals surface area contributed by atoms with Crippen LogP contribution >= 0.6 is 0 Å². The standard InChI is InChI=1S/C32H58O4/c1-3-5-6-7-8-9-10-11-12-13-14-15-20-23-26-29-32(35)36-30(4-2)27-24-21-18-16-17-19-22-25-28-31(33)34/h8-9,11-12,30H,3-7,10,13-29H2,1-2H3,(H,33,34)/b9-8-,12-11-. The molecule has 0 radical (unpaired) electrons. The molecule has 0 saturated carbocycles. The minimum atomic E-state index is -0.688. The highest BCUT2D eigenvalue weighted by atomic mass is 16.5. The lowest BCUT2D eigenvalue weighted by atomic mass is 10.0. The fourth-order valence-corrected chi connectivity index (χ4v) is 4.38. The van der Waals surface area contributed by atoms with Gasteiger partial charge >= 0.3 is 11.9 Å². The zero-order chi connectivity index (χ0) is 26.5. The van der Waals surface area contributed by atoms with Crippen LogP contribution in [0.25, 0.3) is 0 Å². The first-order valence-corrected chi connectivity index (χ1v) is 15.3. The second kappa shape index (κ2) is 28.0. The minimum Gasteiger partial charge on any atom is -0.481 e. The maximum atomic E-state index is 12.2. The number of hydrogen-bond donors (Lipinski definition) is 1. The normalized spacial score (nSPS) is 12.5. The Bertz CT molecular complexity index is 552. The number of carbonyl (C=O) groups is 2. The Balaban J connectivity index is 3.52. The molecule has 0 rings (SSSR count). The molecule has 36 heavy (non-hydrogen) atoms. The van der Waals surface area contributed by atoms with Gasteiger partial charge in [0.15, 0.2) is 0 Å². The van der Waals surface area contributed by atoms with E-state index in [-0.39, 0.29) is 12.1 Å². The highest BCUT2D eigenvalue weighted by molar-refractivity contribution is 5.69. The molecule has 0 saturated heterocycles. The number of carboxylic acid groups (broad SMARTS) is 1. The molecule has 0 aromatic rings. The number of rotatable bonds is 27. The third-order valence-electron chi connectivity index (χ3n) is 6.75. The molecule has 0 aliphatic rings. The molecule has 0 bridgehead atoms. The van der Waals surface area contributed by atoms with Crippen LogP contribution in [-0.2, 0) is 14.3 Å². The second-order valence-electron chi connectivity index (χ2n) is 10.3. The van der Waals surface area contributed by atoms with Crippen molar-refractivity contribution in [1.82, 2.24) is 0 Å². The molecule has 0 aromatic carbocycles. The number of hydrogen-bond acceptors (Lipinski definition) is 3. The van der Waals surface area contributed by atoms with E-state index in [1.807, 2.05) is 0 Å². The smallest absolute Gasteiger partial charge is 0.306 e. The molecule has 4 heteroatoms. The number of carboxylic acids is 1. The fraction of sp³-hybridized carbons (Fsp3) is 0.812. The average molecular weight is 507 g/mol. The molecule has 0 heterocycles. The van der Waals surface area contributed by atoms with Crippen LogP contribution in [0.2, 0.25) is 0 Å². The van der Waals surface area contributed by atoms with E-state index >= 15 is 0 Å². The highest BCUT2D eigenvalue weighted by Crippen LogP contribution is 2.15. The van der Waals surface area contributed by atoms with Gasteiger partial charge in [0.25, 0.3) is 0 Å². The van der Waals surface area contributed by atoms with Crippen molar-refractivity contribution in [1.29, 1.82) is 0 Å². The molecule has 0 amide bonds. The Morgan fingerprint density at radius 3 is 1.69 bits per heavy atom. The van der Waals surface area contributed by atoms with Gasteiger partial charge in [0.2, 0.25) is 0 Å². The summed E-state index contributed by atoms with van der Waals surface area (Å²) in [7, 11) is 0. The molecule has 0 fully saturated rings. The van der Waals surface area contributed by atoms with E-state index in [1.165, 1.54) is 70.6 Å². The molecule has 4 nitrogen and oxygen atoms in total. The van der Waals surface area contributed by atoms with Crippen LogP contribution in [0.1, 0.15) is 162 Å². The van der Waals surface area contributed by atoms with Crippen molar-refractivity contribution in [3.63, 3.8) is 0 Å². The molecule has 210 valence electrons. The number of esters is 1. The Hall–Kier alpha value is -1.58. The van der Waals surface area contributed by atoms with E-state index in [4.69, 9.17) is 9.84 Å². The number of unbranched alkanes of at least 4 members (excludes halogenated alkanes) is 15. The average Bonchev–Trinajstić information content (AvgIpc) is 2.86. The lowest BCUT2D eigenvalue weighted by molar-refractivity contribution is -0.149. The van der Waals surface area contributed by atoms with Crippen LogP contribution in [0.4, 0.5) is 0 Å². The molecular weight excluding hydrogens is 448 g/mol. The van der Waals surface area contributed by atoms with Gasteiger partial charge in [0.05, 0.1) is 0 Å². The second-order valence-corrected chi connectivity index (χ2v) is 10.3. The van der Waals surface area contributed by atoms with Crippen LogP contribution in [0, 0.1) is 0 Å². The van der Waals surface area contributed by atoms with Crippen LogP contribution < -0.4 is 0 Å². The quantitative estimate of drug-likeness (QED) is 0.0683. The lowest BCUT2D eigenvalue weighted by Gasteiger charge is -2.16. The van der Waals surface area contributed by atoms with Gasteiger partial charge in [-0.15, -0.1) is 0 Å². The van der Waals surface area contributed by atoms with Gasteiger partial charge in [-0.1, -0.05) is 109 Å². The van der Waals surface area contributed by atoms with Gasteiger partial charge in [-0.2, -0.15) is 0 Å². The molecule has 0 aliphatic carbocycles. The third-order valence-corrected chi connectivity index (χ3v) is 6.75. The monoisotopic (exact) mass is 506 g/mol. The highest BCUT2D eigenvalue weighted by Gasteiger charge is 2.12. The van der Waals surface area contributed by atoms with Gasteiger partial charge in [-0.05, 0) is 64.2 Å². The molecule has 1 atom stereocenters. The summed E-state index contributed by atoms with van der Waals surface area (Å²) in [4.78, 5) is 22.7. The number of carbonyl (C=O) groups excluding carboxylic acids is 1. The maximum absolute atomic E-state index is 12.2. The first-order chi connectivity index (χ1) is 17.6. The van der Waals surface area contributed by atoms with Crippen LogP contribution in [-0.4, -0.2) is 23.1 Å². The summed E-state index contributed by atoms with van der Waals surface area (Å²) >= 11 is 0. The Kier molecular flexibility index (Phi) is 26.8. The Labute approximate surface area is 223 Å². The first kappa shape index (κ1) is 34.4. The van der Waals surface area contributed by atoms with Gasteiger partial charge in [0, 0.05) is 12.8 Å². The van der Waals surface area contributed by atoms with E-state index in [0.717, 1.165) is 64.2 Å².